The SMILES string of the molecule is c1ccc(CSCC2CS2)c(CSCC2CS2)c1. The number of thioether (sulfide) groups is 4. The van der Waals surface area contributed by atoms with Crippen molar-refractivity contribution in [3.05, 3.63) is 35.4 Å². The molecular formula is C14H18S4. The second-order valence-electron chi connectivity index (χ2n) is 4.71. The van der Waals surface area contributed by atoms with Crippen molar-refractivity contribution in [2.45, 2.75) is 22.0 Å². The van der Waals surface area contributed by atoms with Gasteiger partial charge in [-0.05, 0) is 11.1 Å². The third-order valence-corrected chi connectivity index (χ3v) is 7.72. The van der Waals surface area contributed by atoms with E-state index in [-0.39, 0.29) is 0 Å². The molecule has 0 aliphatic carbocycles. The second kappa shape index (κ2) is 6.87. The molecule has 0 N–H and O–H groups in total. The van der Waals surface area contributed by atoms with E-state index in [1.54, 1.807) is 11.1 Å². The first-order chi connectivity index (χ1) is 8.92. The van der Waals surface area contributed by atoms with E-state index in [2.05, 4.69) is 71.3 Å². The fourth-order valence-electron chi connectivity index (χ4n) is 1.77. The first-order valence-electron chi connectivity index (χ1n) is 6.37. The van der Waals surface area contributed by atoms with Gasteiger partial charge in [-0.15, -0.1) is 0 Å². The number of hydrogen-bond acceptors (Lipinski definition) is 4. The molecule has 2 saturated heterocycles. The summed E-state index contributed by atoms with van der Waals surface area (Å²) in [4.78, 5) is 0. The summed E-state index contributed by atoms with van der Waals surface area (Å²) in [5.74, 6) is 7.86. The molecule has 1 aromatic rings. The van der Waals surface area contributed by atoms with Gasteiger partial charge in [-0.1, -0.05) is 24.3 Å². The molecule has 2 heterocycles. The summed E-state index contributed by atoms with van der Waals surface area (Å²) >= 11 is 8.43. The van der Waals surface area contributed by atoms with Crippen molar-refractivity contribution >= 4 is 47.0 Å². The monoisotopic (exact) mass is 314 g/mol. The van der Waals surface area contributed by atoms with Gasteiger partial charge in [-0.2, -0.15) is 47.0 Å². The Kier molecular flexibility index (Phi) is 5.19. The summed E-state index contributed by atoms with van der Waals surface area (Å²) in [6.45, 7) is 0. The third kappa shape index (κ3) is 4.62. The second-order valence-corrected chi connectivity index (χ2v) is 9.44. The van der Waals surface area contributed by atoms with Gasteiger partial charge in [0.05, 0.1) is 0 Å². The van der Waals surface area contributed by atoms with Crippen molar-refractivity contribution in [2.75, 3.05) is 23.0 Å². The predicted octanol–water partition coefficient (Wildman–Crippen LogP) is 4.38. The van der Waals surface area contributed by atoms with Crippen LogP contribution in [0.25, 0.3) is 0 Å². The Hall–Kier alpha value is 0.620. The summed E-state index contributed by atoms with van der Waals surface area (Å²) in [6, 6.07) is 9.00. The normalized spacial score (nSPS) is 25.1. The van der Waals surface area contributed by atoms with Gasteiger partial charge in [0.2, 0.25) is 0 Å². The van der Waals surface area contributed by atoms with Crippen LogP contribution >= 0.6 is 47.0 Å². The minimum atomic E-state index is 0.962. The van der Waals surface area contributed by atoms with Crippen molar-refractivity contribution in [1.82, 2.24) is 0 Å². The highest BCUT2D eigenvalue weighted by molar-refractivity contribution is 8.09. The van der Waals surface area contributed by atoms with Gasteiger partial charge >= 0.3 is 0 Å². The van der Waals surface area contributed by atoms with Gasteiger partial charge in [0.1, 0.15) is 0 Å². The molecule has 0 bridgehead atoms. The van der Waals surface area contributed by atoms with Gasteiger partial charge in [0, 0.05) is 45.0 Å². The Labute approximate surface area is 127 Å². The summed E-state index contributed by atoms with van der Waals surface area (Å²) in [6.07, 6.45) is 0. The van der Waals surface area contributed by atoms with Gasteiger partial charge in [-0.25, -0.2) is 0 Å². The van der Waals surface area contributed by atoms with E-state index in [9.17, 15) is 0 Å². The van der Waals surface area contributed by atoms with Crippen molar-refractivity contribution in [2.24, 2.45) is 0 Å². The molecule has 0 radical (unpaired) electrons. The lowest BCUT2D eigenvalue weighted by Gasteiger charge is -2.08. The van der Waals surface area contributed by atoms with Crippen molar-refractivity contribution in [3.8, 4) is 0 Å². The molecule has 2 aliphatic rings. The molecule has 4 heteroatoms. The molecule has 2 unspecified atom stereocenters. The first-order valence-corrected chi connectivity index (χ1v) is 10.8. The van der Waals surface area contributed by atoms with Crippen LogP contribution in [0.5, 0.6) is 0 Å². The highest BCUT2D eigenvalue weighted by Crippen LogP contribution is 2.35. The Bertz CT molecular complexity index is 348. The average Bonchev–Trinajstić information content (AvgIpc) is 3.25. The van der Waals surface area contributed by atoms with Crippen molar-refractivity contribution in [3.63, 3.8) is 0 Å². The first kappa shape index (κ1) is 13.6. The molecule has 2 fully saturated rings. The van der Waals surface area contributed by atoms with Crippen molar-refractivity contribution in [1.29, 1.82) is 0 Å². The molecule has 2 aliphatic heterocycles. The van der Waals surface area contributed by atoms with E-state index in [0.717, 1.165) is 10.5 Å². The topological polar surface area (TPSA) is 0 Å². The molecule has 3 rings (SSSR count). The fourth-order valence-corrected chi connectivity index (χ4v) is 5.92. The summed E-state index contributed by atoms with van der Waals surface area (Å²) < 4.78 is 0. The lowest BCUT2D eigenvalue weighted by Crippen LogP contribution is -1.95. The molecule has 2 atom stereocenters. The molecular weight excluding hydrogens is 296 g/mol. The molecule has 1 aromatic carbocycles. The van der Waals surface area contributed by atoms with Gasteiger partial charge in [-0.3, -0.25) is 0 Å². The van der Waals surface area contributed by atoms with E-state index < -0.39 is 0 Å². The van der Waals surface area contributed by atoms with Crippen LogP contribution < -0.4 is 0 Å². The van der Waals surface area contributed by atoms with Crippen LogP contribution in [0.2, 0.25) is 0 Å². The van der Waals surface area contributed by atoms with Gasteiger partial charge in [0.25, 0.3) is 0 Å². The predicted molar refractivity (Wildman–Crippen MR) is 91.3 cm³/mol. The van der Waals surface area contributed by atoms with E-state index in [1.807, 2.05) is 0 Å². The van der Waals surface area contributed by atoms with Crippen LogP contribution in [0.15, 0.2) is 24.3 Å². The highest BCUT2D eigenvalue weighted by atomic mass is 32.2. The average molecular weight is 315 g/mol. The highest BCUT2D eigenvalue weighted by Gasteiger charge is 2.22. The summed E-state index contributed by atoms with van der Waals surface area (Å²) in [5, 5.41) is 1.92. The van der Waals surface area contributed by atoms with E-state index in [4.69, 9.17) is 0 Å². The third-order valence-electron chi connectivity index (χ3n) is 3.05. The van der Waals surface area contributed by atoms with E-state index in [0.29, 0.717) is 0 Å². The van der Waals surface area contributed by atoms with E-state index in [1.165, 1.54) is 34.5 Å². The fraction of sp³-hybridized carbons (Fsp3) is 0.571. The minimum Gasteiger partial charge on any atom is -0.156 e. The summed E-state index contributed by atoms with van der Waals surface area (Å²) in [7, 11) is 0. The number of benzene rings is 1. The van der Waals surface area contributed by atoms with Crippen LogP contribution in [0.1, 0.15) is 11.1 Å². The summed E-state index contributed by atoms with van der Waals surface area (Å²) in [5.41, 5.74) is 3.12. The zero-order chi connectivity index (χ0) is 12.2. The lowest BCUT2D eigenvalue weighted by atomic mass is 10.1. The standard InChI is InChI=1S/C14H18S4/c1-2-4-12(6-16-8-14-10-18-14)11(3-1)5-15-7-13-9-17-13/h1-4,13-14H,5-10H2. The van der Waals surface area contributed by atoms with Crippen LogP contribution in [-0.2, 0) is 11.5 Å². The molecule has 98 valence electrons. The molecule has 0 aromatic heterocycles. The van der Waals surface area contributed by atoms with Crippen LogP contribution in [0, 0.1) is 0 Å². The lowest BCUT2D eigenvalue weighted by molar-refractivity contribution is 1.23. The minimum absolute atomic E-state index is 0.962. The Balaban J connectivity index is 1.46. The maximum Gasteiger partial charge on any atom is 0.0229 e. The maximum atomic E-state index is 2.31. The van der Waals surface area contributed by atoms with E-state index >= 15 is 0 Å². The molecule has 0 saturated carbocycles. The Morgan fingerprint density at radius 1 is 0.889 bits per heavy atom. The molecule has 0 nitrogen and oxygen atoms in total. The Morgan fingerprint density at radius 2 is 1.33 bits per heavy atom. The van der Waals surface area contributed by atoms with Crippen LogP contribution in [0.4, 0.5) is 0 Å². The largest absolute Gasteiger partial charge is 0.156 e. The quantitative estimate of drug-likeness (QED) is 0.653. The van der Waals surface area contributed by atoms with Crippen LogP contribution in [0.3, 0.4) is 0 Å². The number of rotatable bonds is 8. The number of hydrogen-bond donors (Lipinski definition) is 0. The maximum absolute atomic E-state index is 2.31. The van der Waals surface area contributed by atoms with Crippen LogP contribution in [-0.4, -0.2) is 33.5 Å². The zero-order valence-electron chi connectivity index (χ0n) is 10.3. The molecule has 0 spiro atoms. The zero-order valence-corrected chi connectivity index (χ0v) is 13.6. The smallest absolute Gasteiger partial charge is 0.0229 e. The molecule has 0 amide bonds. The van der Waals surface area contributed by atoms with Gasteiger partial charge < -0.3 is 0 Å². The van der Waals surface area contributed by atoms with Gasteiger partial charge in [0.15, 0.2) is 0 Å². The molecule has 18 heavy (non-hydrogen) atoms. The Morgan fingerprint density at radius 3 is 1.72 bits per heavy atom. The van der Waals surface area contributed by atoms with Crippen molar-refractivity contribution < 1.29 is 0 Å².